The molecule has 0 N–H and O–H groups in total. The monoisotopic (exact) mass is 342 g/mol. The molecular formula is C14H12BrFO4. The van der Waals surface area contributed by atoms with Crippen LogP contribution in [0.2, 0.25) is 0 Å². The van der Waals surface area contributed by atoms with Gasteiger partial charge in [0, 0.05) is 24.7 Å². The zero-order valence-electron chi connectivity index (χ0n) is 10.9. The molecule has 0 amide bonds. The lowest BCUT2D eigenvalue weighted by Crippen LogP contribution is -2.41. The van der Waals surface area contributed by atoms with Gasteiger partial charge in [-0.15, -0.1) is 0 Å². The molecule has 0 spiro atoms. The lowest BCUT2D eigenvalue weighted by Gasteiger charge is -2.29. The van der Waals surface area contributed by atoms with Crippen molar-refractivity contribution < 1.29 is 23.5 Å². The van der Waals surface area contributed by atoms with Crippen LogP contribution in [0, 0.1) is 5.82 Å². The van der Waals surface area contributed by atoms with Crippen LogP contribution in [0.5, 0.6) is 0 Å². The molecule has 1 aliphatic rings. The minimum atomic E-state index is -1.29. The lowest BCUT2D eigenvalue weighted by atomic mass is 10.0. The van der Waals surface area contributed by atoms with Gasteiger partial charge < -0.3 is 9.47 Å². The molecule has 0 bridgehead atoms. The van der Waals surface area contributed by atoms with Crippen molar-refractivity contribution in [2.45, 2.75) is 25.0 Å². The molecule has 0 radical (unpaired) electrons. The summed E-state index contributed by atoms with van der Waals surface area (Å²) < 4.78 is 23.6. The van der Waals surface area contributed by atoms with Crippen molar-refractivity contribution in [3.8, 4) is 0 Å². The molecule has 2 rings (SSSR count). The number of cyclic esters (lactones) is 2. The van der Waals surface area contributed by atoms with E-state index in [0.717, 1.165) is 0 Å². The Hall–Kier alpha value is -1.69. The highest BCUT2D eigenvalue weighted by atomic mass is 79.9. The molecule has 1 aromatic carbocycles. The fourth-order valence-corrected chi connectivity index (χ4v) is 2.38. The van der Waals surface area contributed by atoms with Crippen molar-refractivity contribution in [2.24, 2.45) is 0 Å². The van der Waals surface area contributed by atoms with Crippen LogP contribution in [0.4, 0.5) is 4.39 Å². The van der Waals surface area contributed by atoms with Gasteiger partial charge in [-0.2, -0.15) is 0 Å². The molecule has 0 unspecified atom stereocenters. The molecule has 0 aliphatic carbocycles. The number of halogens is 2. The third-order valence-corrected chi connectivity index (χ3v) is 3.27. The predicted molar refractivity (Wildman–Crippen MR) is 73.3 cm³/mol. The highest BCUT2D eigenvalue weighted by molar-refractivity contribution is 9.08. The Morgan fingerprint density at radius 3 is 2.40 bits per heavy atom. The van der Waals surface area contributed by atoms with E-state index in [1.54, 1.807) is 6.07 Å². The van der Waals surface area contributed by atoms with Crippen LogP contribution in [-0.2, 0) is 24.4 Å². The van der Waals surface area contributed by atoms with Crippen LogP contribution in [0.25, 0.3) is 6.08 Å². The van der Waals surface area contributed by atoms with Gasteiger partial charge >= 0.3 is 11.9 Å². The van der Waals surface area contributed by atoms with Crippen LogP contribution in [0.1, 0.15) is 25.0 Å². The van der Waals surface area contributed by atoms with E-state index in [1.807, 2.05) is 0 Å². The standard InChI is InChI=1S/C14H12BrFO4/c1-14(2)19-12(17)9(13(18)20-14)6-8-4-3-5-11(16)10(8)7-15/h3-6H,7H2,1-2H3. The number of rotatable bonds is 2. The number of carbonyl (C=O) groups is 2. The Kier molecular flexibility index (Phi) is 3.94. The van der Waals surface area contributed by atoms with E-state index in [1.165, 1.54) is 32.1 Å². The summed E-state index contributed by atoms with van der Waals surface area (Å²) in [6, 6.07) is 4.41. The molecule has 6 heteroatoms. The molecule has 0 aromatic heterocycles. The Morgan fingerprint density at radius 2 is 1.85 bits per heavy atom. The van der Waals surface area contributed by atoms with Gasteiger partial charge in [-0.05, 0) is 17.7 Å². The molecule has 1 saturated heterocycles. The number of esters is 2. The van der Waals surface area contributed by atoms with Gasteiger partial charge in [-0.1, -0.05) is 28.1 Å². The predicted octanol–water partition coefficient (Wildman–Crippen LogP) is 2.94. The molecule has 1 heterocycles. The summed E-state index contributed by atoms with van der Waals surface area (Å²) in [5.74, 6) is -3.27. The topological polar surface area (TPSA) is 52.6 Å². The molecule has 1 aliphatic heterocycles. The largest absolute Gasteiger partial charge is 0.419 e. The summed E-state index contributed by atoms with van der Waals surface area (Å²) in [5.41, 5.74) is 0.521. The lowest BCUT2D eigenvalue weighted by molar-refractivity contribution is -0.222. The molecule has 4 nitrogen and oxygen atoms in total. The highest BCUT2D eigenvalue weighted by Gasteiger charge is 2.38. The Bertz CT molecular complexity index is 585. The van der Waals surface area contributed by atoms with Crippen molar-refractivity contribution >= 4 is 33.9 Å². The second-order valence-corrected chi connectivity index (χ2v) is 5.24. The van der Waals surface area contributed by atoms with E-state index in [0.29, 0.717) is 11.1 Å². The Morgan fingerprint density at radius 1 is 1.25 bits per heavy atom. The summed E-state index contributed by atoms with van der Waals surface area (Å²) in [5, 5.41) is 0.258. The zero-order chi connectivity index (χ0) is 14.9. The van der Waals surface area contributed by atoms with Gasteiger partial charge in [0.2, 0.25) is 0 Å². The van der Waals surface area contributed by atoms with Crippen LogP contribution in [0.3, 0.4) is 0 Å². The first-order valence-electron chi connectivity index (χ1n) is 5.86. The van der Waals surface area contributed by atoms with Crippen molar-refractivity contribution in [3.05, 3.63) is 40.7 Å². The molecule has 106 valence electrons. The maximum absolute atomic E-state index is 13.6. The number of ether oxygens (including phenoxy) is 2. The van der Waals surface area contributed by atoms with E-state index >= 15 is 0 Å². The van der Waals surface area contributed by atoms with E-state index in [4.69, 9.17) is 9.47 Å². The van der Waals surface area contributed by atoms with Gasteiger partial charge in [0.25, 0.3) is 5.79 Å². The fraction of sp³-hybridized carbons (Fsp3) is 0.286. The summed E-state index contributed by atoms with van der Waals surface area (Å²) in [7, 11) is 0. The highest BCUT2D eigenvalue weighted by Crippen LogP contribution is 2.26. The summed E-state index contributed by atoms with van der Waals surface area (Å²) in [6.07, 6.45) is 1.28. The average molecular weight is 343 g/mol. The van der Waals surface area contributed by atoms with Gasteiger partial charge in [0.05, 0.1) is 0 Å². The summed E-state index contributed by atoms with van der Waals surface area (Å²) in [4.78, 5) is 23.6. The molecule has 0 saturated carbocycles. The molecule has 1 aromatic rings. The van der Waals surface area contributed by atoms with Gasteiger partial charge in [0.15, 0.2) is 0 Å². The number of carbonyl (C=O) groups excluding carboxylic acids is 2. The minimum absolute atomic E-state index is 0.253. The van der Waals surface area contributed by atoms with Crippen molar-refractivity contribution in [3.63, 3.8) is 0 Å². The van der Waals surface area contributed by atoms with Crippen molar-refractivity contribution in [2.75, 3.05) is 0 Å². The first kappa shape index (κ1) is 14.7. The Balaban J connectivity index is 2.44. The second kappa shape index (κ2) is 5.36. The number of benzene rings is 1. The first-order chi connectivity index (χ1) is 9.34. The molecule has 20 heavy (non-hydrogen) atoms. The van der Waals surface area contributed by atoms with Crippen LogP contribution in [-0.4, -0.2) is 17.7 Å². The smallest absolute Gasteiger partial charge is 0.348 e. The fourth-order valence-electron chi connectivity index (χ4n) is 1.79. The summed E-state index contributed by atoms with van der Waals surface area (Å²) >= 11 is 3.17. The first-order valence-corrected chi connectivity index (χ1v) is 6.98. The minimum Gasteiger partial charge on any atom is -0.419 e. The number of hydrogen-bond donors (Lipinski definition) is 0. The van der Waals surface area contributed by atoms with E-state index < -0.39 is 23.5 Å². The van der Waals surface area contributed by atoms with Gasteiger partial charge in [0.1, 0.15) is 11.4 Å². The normalized spacial score (nSPS) is 17.5. The van der Waals surface area contributed by atoms with E-state index in [2.05, 4.69) is 15.9 Å². The maximum Gasteiger partial charge on any atom is 0.348 e. The van der Waals surface area contributed by atoms with Crippen molar-refractivity contribution in [1.29, 1.82) is 0 Å². The quantitative estimate of drug-likeness (QED) is 0.359. The average Bonchev–Trinajstić information content (AvgIpc) is 2.32. The van der Waals surface area contributed by atoms with E-state index in [9.17, 15) is 14.0 Å². The molecular weight excluding hydrogens is 331 g/mol. The summed E-state index contributed by atoms with van der Waals surface area (Å²) in [6.45, 7) is 2.93. The van der Waals surface area contributed by atoms with Crippen molar-refractivity contribution in [1.82, 2.24) is 0 Å². The van der Waals surface area contributed by atoms with Gasteiger partial charge in [-0.3, -0.25) is 0 Å². The maximum atomic E-state index is 13.6. The van der Waals surface area contributed by atoms with Gasteiger partial charge in [-0.25, -0.2) is 14.0 Å². The molecule has 0 atom stereocenters. The van der Waals surface area contributed by atoms with E-state index in [-0.39, 0.29) is 10.9 Å². The second-order valence-electron chi connectivity index (χ2n) is 4.68. The van der Waals surface area contributed by atoms with Crippen LogP contribution >= 0.6 is 15.9 Å². The SMILES string of the molecule is CC1(C)OC(=O)C(=Cc2cccc(F)c2CBr)C(=O)O1. The number of hydrogen-bond acceptors (Lipinski definition) is 4. The van der Waals surface area contributed by atoms with Crippen LogP contribution < -0.4 is 0 Å². The zero-order valence-corrected chi connectivity index (χ0v) is 12.5. The number of alkyl halides is 1. The Labute approximate surface area is 123 Å². The van der Waals surface area contributed by atoms with Crippen LogP contribution in [0.15, 0.2) is 23.8 Å². The third kappa shape index (κ3) is 2.90. The third-order valence-electron chi connectivity index (χ3n) is 2.71. The molecule has 1 fully saturated rings.